The molecule has 0 saturated heterocycles. The number of aromatic nitrogens is 5. The molecule has 4 rings (SSSR count). The number of nitrogens with zero attached hydrogens (tertiary/aromatic N) is 5. The van der Waals surface area contributed by atoms with E-state index in [-0.39, 0.29) is 5.82 Å². The number of halogens is 1. The molecule has 0 unspecified atom stereocenters. The van der Waals surface area contributed by atoms with Crippen LogP contribution in [0.4, 0.5) is 4.39 Å². The topological polar surface area (TPSA) is 69.6 Å². The average Bonchev–Trinajstić information content (AvgIpc) is 3.09. The van der Waals surface area contributed by atoms with Gasteiger partial charge in [0.1, 0.15) is 12.1 Å². The zero-order valence-electron chi connectivity index (χ0n) is 11.5. The van der Waals surface area contributed by atoms with Crippen LogP contribution >= 0.6 is 11.8 Å². The van der Waals surface area contributed by atoms with Crippen LogP contribution in [0.5, 0.6) is 0 Å². The Hall–Kier alpha value is -2.22. The fourth-order valence-electron chi connectivity index (χ4n) is 2.09. The molecule has 1 saturated carbocycles. The summed E-state index contributed by atoms with van der Waals surface area (Å²) < 4.78 is 20.2. The summed E-state index contributed by atoms with van der Waals surface area (Å²) in [7, 11) is 0. The lowest BCUT2D eigenvalue weighted by molar-refractivity contribution is 0.391. The lowest BCUT2D eigenvalue weighted by Crippen LogP contribution is -1.94. The van der Waals surface area contributed by atoms with E-state index in [0.717, 1.165) is 10.7 Å². The maximum Gasteiger partial charge on any atom is 0.237 e. The Labute approximate surface area is 129 Å². The Morgan fingerprint density at radius 2 is 2.09 bits per heavy atom. The summed E-state index contributed by atoms with van der Waals surface area (Å²) >= 11 is 1.52. The minimum atomic E-state index is -0.289. The van der Waals surface area contributed by atoms with Gasteiger partial charge >= 0.3 is 0 Å². The molecule has 0 bridgehead atoms. The molecule has 0 radical (unpaired) electrons. The van der Waals surface area contributed by atoms with Crippen molar-refractivity contribution in [3.8, 4) is 11.4 Å². The number of thioether (sulfide) groups is 1. The molecule has 0 aliphatic heterocycles. The van der Waals surface area contributed by atoms with E-state index in [2.05, 4.69) is 24.9 Å². The molecule has 22 heavy (non-hydrogen) atoms. The van der Waals surface area contributed by atoms with E-state index < -0.39 is 0 Å². The van der Waals surface area contributed by atoms with E-state index in [1.54, 1.807) is 18.5 Å². The Balaban J connectivity index is 1.45. The summed E-state index contributed by atoms with van der Waals surface area (Å²) in [5.74, 6) is 1.20. The fraction of sp³-hybridized carbons (Fsp3) is 0.286. The van der Waals surface area contributed by atoms with Crippen molar-refractivity contribution in [3.63, 3.8) is 0 Å². The molecular formula is C14H12FN5OS. The van der Waals surface area contributed by atoms with Crippen LogP contribution in [0.3, 0.4) is 0 Å². The molecular weight excluding hydrogens is 305 g/mol. The molecule has 0 atom stereocenters. The molecule has 3 aromatic rings. The van der Waals surface area contributed by atoms with Crippen molar-refractivity contribution < 1.29 is 8.91 Å². The van der Waals surface area contributed by atoms with Gasteiger partial charge in [-0.3, -0.25) is 0 Å². The molecule has 1 aliphatic carbocycles. The number of hydrogen-bond donors (Lipinski definition) is 0. The van der Waals surface area contributed by atoms with Crippen molar-refractivity contribution in [1.29, 1.82) is 0 Å². The molecule has 8 heteroatoms. The molecule has 6 nitrogen and oxygen atoms in total. The lowest BCUT2D eigenvalue weighted by Gasteiger charge is -2.01. The smallest absolute Gasteiger partial charge is 0.237 e. The van der Waals surface area contributed by atoms with Crippen LogP contribution in [0.15, 0.2) is 40.3 Å². The van der Waals surface area contributed by atoms with E-state index in [4.69, 9.17) is 4.52 Å². The summed E-state index contributed by atoms with van der Waals surface area (Å²) in [5.41, 5.74) is 0.725. The molecule has 112 valence electrons. The first-order valence-electron chi connectivity index (χ1n) is 6.90. The highest BCUT2D eigenvalue weighted by Gasteiger charge is 2.26. The molecule has 1 fully saturated rings. The molecule has 2 aromatic heterocycles. The van der Waals surface area contributed by atoms with Crippen LogP contribution in [-0.2, 0) is 5.75 Å². The molecule has 0 N–H and O–H groups in total. The maximum absolute atomic E-state index is 12.9. The van der Waals surface area contributed by atoms with Crippen molar-refractivity contribution in [2.75, 3.05) is 0 Å². The van der Waals surface area contributed by atoms with E-state index in [9.17, 15) is 4.39 Å². The second-order valence-electron chi connectivity index (χ2n) is 5.06. The van der Waals surface area contributed by atoms with Gasteiger partial charge in [0.25, 0.3) is 0 Å². The van der Waals surface area contributed by atoms with Crippen LogP contribution in [0.1, 0.15) is 24.8 Å². The van der Waals surface area contributed by atoms with Crippen molar-refractivity contribution in [3.05, 3.63) is 42.3 Å². The van der Waals surface area contributed by atoms with Gasteiger partial charge in [0.15, 0.2) is 5.16 Å². The minimum absolute atomic E-state index is 0.289. The van der Waals surface area contributed by atoms with Gasteiger partial charge < -0.3 is 9.09 Å². The van der Waals surface area contributed by atoms with Crippen molar-refractivity contribution in [1.82, 2.24) is 24.9 Å². The first-order chi connectivity index (χ1) is 10.8. The standard InChI is InChI=1S/C14H12FN5OS/c15-10-3-1-9(2-4-10)13-17-12(21-19-13)7-22-14-18-16-8-20(14)11-5-6-11/h1-4,8,11H,5-7H2. The number of hydrogen-bond acceptors (Lipinski definition) is 6. The summed E-state index contributed by atoms with van der Waals surface area (Å²) in [4.78, 5) is 4.32. The quantitative estimate of drug-likeness (QED) is 0.674. The van der Waals surface area contributed by atoms with Gasteiger partial charge in [-0.25, -0.2) is 4.39 Å². The summed E-state index contributed by atoms with van der Waals surface area (Å²) in [6.07, 6.45) is 4.12. The third-order valence-corrected chi connectivity index (χ3v) is 4.32. The Morgan fingerprint density at radius 1 is 1.27 bits per heavy atom. The van der Waals surface area contributed by atoms with Gasteiger partial charge in [0.05, 0.1) is 5.75 Å². The average molecular weight is 317 g/mol. The molecule has 2 heterocycles. The van der Waals surface area contributed by atoms with Gasteiger partial charge in [-0.05, 0) is 37.1 Å². The maximum atomic E-state index is 12.9. The van der Waals surface area contributed by atoms with Gasteiger partial charge in [0, 0.05) is 11.6 Å². The second kappa shape index (κ2) is 5.53. The normalized spacial score (nSPS) is 14.4. The first kappa shape index (κ1) is 13.4. The number of rotatable bonds is 5. The monoisotopic (exact) mass is 317 g/mol. The Kier molecular flexibility index (Phi) is 3.38. The Morgan fingerprint density at radius 3 is 2.86 bits per heavy atom. The molecule has 1 aromatic carbocycles. The molecule has 0 amide bonds. The highest BCUT2D eigenvalue weighted by Crippen LogP contribution is 2.37. The fourth-order valence-corrected chi connectivity index (χ4v) is 2.91. The van der Waals surface area contributed by atoms with Gasteiger partial charge in [-0.1, -0.05) is 16.9 Å². The Bertz CT molecular complexity index is 781. The third-order valence-electron chi connectivity index (χ3n) is 3.38. The number of benzene rings is 1. The largest absolute Gasteiger partial charge is 0.338 e. The molecule has 1 aliphatic rings. The van der Waals surface area contributed by atoms with Crippen LogP contribution in [-0.4, -0.2) is 24.9 Å². The predicted octanol–water partition coefficient (Wildman–Crippen LogP) is 3.09. The van der Waals surface area contributed by atoms with E-state index in [0.29, 0.717) is 23.5 Å². The summed E-state index contributed by atoms with van der Waals surface area (Å²) in [5, 5.41) is 12.8. The van der Waals surface area contributed by atoms with Crippen molar-refractivity contribution in [2.24, 2.45) is 0 Å². The third kappa shape index (κ3) is 2.74. The van der Waals surface area contributed by atoms with Crippen molar-refractivity contribution >= 4 is 11.8 Å². The molecule has 0 spiro atoms. The van der Waals surface area contributed by atoms with Crippen LogP contribution in [0, 0.1) is 5.82 Å². The van der Waals surface area contributed by atoms with E-state index >= 15 is 0 Å². The van der Waals surface area contributed by atoms with Crippen molar-refractivity contribution in [2.45, 2.75) is 29.8 Å². The first-order valence-corrected chi connectivity index (χ1v) is 7.89. The zero-order valence-corrected chi connectivity index (χ0v) is 12.3. The zero-order chi connectivity index (χ0) is 14.9. The SMILES string of the molecule is Fc1ccc(-c2noc(CSc3nncn3C3CC3)n2)cc1. The summed E-state index contributed by atoms with van der Waals surface area (Å²) in [6.45, 7) is 0. The lowest BCUT2D eigenvalue weighted by atomic mass is 10.2. The summed E-state index contributed by atoms with van der Waals surface area (Å²) in [6, 6.07) is 6.54. The van der Waals surface area contributed by atoms with Crippen LogP contribution in [0.2, 0.25) is 0 Å². The highest BCUT2D eigenvalue weighted by molar-refractivity contribution is 7.98. The van der Waals surface area contributed by atoms with Gasteiger partial charge in [-0.15, -0.1) is 10.2 Å². The van der Waals surface area contributed by atoms with E-state index in [1.807, 2.05) is 0 Å². The van der Waals surface area contributed by atoms with Crippen LogP contribution in [0.25, 0.3) is 11.4 Å². The predicted molar refractivity (Wildman–Crippen MR) is 77.5 cm³/mol. The van der Waals surface area contributed by atoms with Gasteiger partial charge in [0.2, 0.25) is 11.7 Å². The minimum Gasteiger partial charge on any atom is -0.338 e. The van der Waals surface area contributed by atoms with Crippen LogP contribution < -0.4 is 0 Å². The highest BCUT2D eigenvalue weighted by atomic mass is 32.2. The second-order valence-corrected chi connectivity index (χ2v) is 6.00. The van der Waals surface area contributed by atoms with E-state index in [1.165, 1.54) is 36.7 Å². The van der Waals surface area contributed by atoms with Gasteiger partial charge in [-0.2, -0.15) is 4.98 Å².